The molecule has 0 aromatic heterocycles. The van der Waals surface area contributed by atoms with Crippen LogP contribution in [0.3, 0.4) is 0 Å². The first kappa shape index (κ1) is 16.7. The van der Waals surface area contributed by atoms with Gasteiger partial charge in [-0.1, -0.05) is 6.08 Å². The van der Waals surface area contributed by atoms with Crippen molar-refractivity contribution in [2.45, 2.75) is 20.8 Å². The number of nitrogens with zero attached hydrogens (tertiary/aromatic N) is 1. The van der Waals surface area contributed by atoms with Crippen LogP contribution in [-0.4, -0.2) is 39.3 Å². The van der Waals surface area contributed by atoms with Crippen molar-refractivity contribution in [3.05, 3.63) is 11.8 Å². The van der Waals surface area contributed by atoms with Crippen LogP contribution in [0.25, 0.3) is 0 Å². The molecule has 0 aliphatic heterocycles. The summed E-state index contributed by atoms with van der Waals surface area (Å²) in [4.78, 5) is 46.2. The molecule has 0 unspecified atom stereocenters. The van der Waals surface area contributed by atoms with Gasteiger partial charge in [0.1, 0.15) is 0 Å². The van der Waals surface area contributed by atoms with Crippen LogP contribution in [0, 0.1) is 0 Å². The SMILES string of the molecule is CC(=O)O[Si](C=CCN=C=O)(OC(C)=O)OC(C)=O. The van der Waals surface area contributed by atoms with E-state index in [1.165, 1.54) is 12.2 Å². The monoisotopic (exact) mass is 287 g/mol. The van der Waals surface area contributed by atoms with Gasteiger partial charge in [-0.15, -0.1) is 0 Å². The van der Waals surface area contributed by atoms with Crippen LogP contribution in [-0.2, 0) is 32.5 Å². The van der Waals surface area contributed by atoms with Crippen molar-refractivity contribution in [1.29, 1.82) is 0 Å². The predicted molar refractivity (Wildman–Crippen MR) is 63.2 cm³/mol. The molecule has 0 aromatic rings. The lowest BCUT2D eigenvalue weighted by atomic mass is 10.7. The fraction of sp³-hybridized carbons (Fsp3) is 0.400. The van der Waals surface area contributed by atoms with Gasteiger partial charge in [-0.3, -0.25) is 14.4 Å². The Kier molecular flexibility index (Phi) is 7.01. The Morgan fingerprint density at radius 2 is 1.47 bits per heavy atom. The van der Waals surface area contributed by atoms with E-state index in [1.54, 1.807) is 0 Å². The molecule has 0 spiro atoms. The molecule has 0 aliphatic carbocycles. The van der Waals surface area contributed by atoms with Gasteiger partial charge in [0.05, 0.1) is 6.54 Å². The van der Waals surface area contributed by atoms with Gasteiger partial charge in [0.25, 0.3) is 17.9 Å². The molecule has 9 heteroatoms. The van der Waals surface area contributed by atoms with E-state index in [9.17, 15) is 19.2 Å². The Morgan fingerprint density at radius 1 is 1.05 bits per heavy atom. The highest BCUT2D eigenvalue weighted by molar-refractivity contribution is 6.70. The highest BCUT2D eigenvalue weighted by Gasteiger charge is 2.49. The Balaban J connectivity index is 5.25. The van der Waals surface area contributed by atoms with Gasteiger partial charge in [-0.25, -0.2) is 9.79 Å². The first-order valence-corrected chi connectivity index (χ1v) is 6.91. The second-order valence-electron chi connectivity index (χ2n) is 3.22. The van der Waals surface area contributed by atoms with Crippen molar-refractivity contribution in [1.82, 2.24) is 0 Å². The molecule has 0 atom stereocenters. The van der Waals surface area contributed by atoms with E-state index in [0.29, 0.717) is 0 Å². The Hall–Kier alpha value is -2.25. The van der Waals surface area contributed by atoms with Gasteiger partial charge in [0, 0.05) is 26.5 Å². The van der Waals surface area contributed by atoms with E-state index >= 15 is 0 Å². The van der Waals surface area contributed by atoms with E-state index < -0.39 is 26.7 Å². The molecule has 0 bridgehead atoms. The van der Waals surface area contributed by atoms with E-state index in [-0.39, 0.29) is 6.54 Å². The van der Waals surface area contributed by atoms with E-state index in [4.69, 9.17) is 13.3 Å². The maximum absolute atomic E-state index is 11.0. The molecule has 0 saturated carbocycles. The minimum atomic E-state index is -3.95. The third-order valence-corrected chi connectivity index (χ3v) is 3.80. The third-order valence-electron chi connectivity index (χ3n) is 1.44. The zero-order chi connectivity index (χ0) is 14.9. The average molecular weight is 287 g/mol. The fourth-order valence-corrected chi connectivity index (χ4v) is 2.98. The van der Waals surface area contributed by atoms with Crippen molar-refractivity contribution >= 4 is 32.8 Å². The zero-order valence-electron chi connectivity index (χ0n) is 10.7. The lowest BCUT2D eigenvalue weighted by molar-refractivity contribution is -0.146. The molecule has 19 heavy (non-hydrogen) atoms. The number of rotatable bonds is 6. The topological polar surface area (TPSA) is 108 Å². The van der Waals surface area contributed by atoms with Gasteiger partial charge in [-0.05, 0) is 0 Å². The summed E-state index contributed by atoms with van der Waals surface area (Å²) in [6, 6.07) is 0. The van der Waals surface area contributed by atoms with Crippen LogP contribution in [0.4, 0.5) is 0 Å². The minimum absolute atomic E-state index is 0.0813. The molecule has 104 valence electrons. The molecular weight excluding hydrogens is 274 g/mol. The van der Waals surface area contributed by atoms with Gasteiger partial charge in [-0.2, -0.15) is 0 Å². The first-order chi connectivity index (χ1) is 8.81. The number of hydrogen-bond donors (Lipinski definition) is 0. The molecule has 0 saturated heterocycles. The molecule has 0 amide bonds. The Bertz CT molecular complexity index is 398. The summed E-state index contributed by atoms with van der Waals surface area (Å²) in [5.74, 6) is -2.34. The molecule has 0 fully saturated rings. The van der Waals surface area contributed by atoms with Crippen molar-refractivity contribution in [2.75, 3.05) is 6.54 Å². The lowest BCUT2D eigenvalue weighted by Crippen LogP contribution is -2.48. The Labute approximate surface area is 110 Å². The molecule has 0 heterocycles. The summed E-state index contributed by atoms with van der Waals surface area (Å²) >= 11 is 0. The summed E-state index contributed by atoms with van der Waals surface area (Å²) in [7, 11) is -3.95. The van der Waals surface area contributed by atoms with Gasteiger partial charge in [0.15, 0.2) is 0 Å². The van der Waals surface area contributed by atoms with E-state index in [2.05, 4.69) is 4.99 Å². The maximum atomic E-state index is 11.0. The van der Waals surface area contributed by atoms with Crippen LogP contribution >= 0.6 is 0 Å². The van der Waals surface area contributed by atoms with Crippen molar-refractivity contribution < 1.29 is 32.5 Å². The summed E-state index contributed by atoms with van der Waals surface area (Å²) < 4.78 is 14.5. The number of carbonyl (C=O) groups excluding carboxylic acids is 4. The molecule has 0 N–H and O–H groups in total. The maximum Gasteiger partial charge on any atom is 0.734 e. The number of hydrogen-bond acceptors (Lipinski definition) is 8. The lowest BCUT2D eigenvalue weighted by Gasteiger charge is -2.23. The number of carbonyl (C=O) groups is 3. The second-order valence-corrected chi connectivity index (χ2v) is 5.37. The average Bonchev–Trinajstić information content (AvgIpc) is 2.21. The smallest absolute Gasteiger partial charge is 0.452 e. The van der Waals surface area contributed by atoms with Crippen LogP contribution in [0.15, 0.2) is 16.8 Å². The summed E-state index contributed by atoms with van der Waals surface area (Å²) in [5.41, 5.74) is 1.12. The van der Waals surface area contributed by atoms with Crippen LogP contribution in [0.2, 0.25) is 0 Å². The van der Waals surface area contributed by atoms with Crippen LogP contribution < -0.4 is 0 Å². The second kappa shape index (κ2) is 7.96. The highest BCUT2D eigenvalue weighted by atomic mass is 28.4. The van der Waals surface area contributed by atoms with Crippen LogP contribution in [0.5, 0.6) is 0 Å². The van der Waals surface area contributed by atoms with Crippen molar-refractivity contribution in [3.8, 4) is 0 Å². The summed E-state index contributed by atoms with van der Waals surface area (Å²) in [6.45, 7) is 3.15. The minimum Gasteiger partial charge on any atom is -0.452 e. The van der Waals surface area contributed by atoms with Crippen molar-refractivity contribution in [2.24, 2.45) is 4.99 Å². The fourth-order valence-electron chi connectivity index (χ4n) is 1.05. The molecule has 0 radical (unpaired) electrons. The molecule has 8 nitrogen and oxygen atoms in total. The number of isocyanates is 1. The van der Waals surface area contributed by atoms with Gasteiger partial charge >= 0.3 is 8.80 Å². The van der Waals surface area contributed by atoms with Gasteiger partial charge < -0.3 is 13.3 Å². The van der Waals surface area contributed by atoms with Gasteiger partial charge in [0.2, 0.25) is 6.08 Å². The summed E-state index contributed by atoms with van der Waals surface area (Å²) in [5, 5.41) is 0. The quantitative estimate of drug-likeness (QED) is 0.385. The number of aliphatic imine (C=N–C) groups is 1. The molecule has 0 rings (SSSR count). The Morgan fingerprint density at radius 3 is 1.79 bits per heavy atom. The van der Waals surface area contributed by atoms with Crippen molar-refractivity contribution in [3.63, 3.8) is 0 Å². The standard InChI is InChI=1S/C10H13NO7Si/c1-8(13)16-19(17-9(2)14,18-10(3)15)6-4-5-11-7-12/h4,6H,5H2,1-3H3. The normalized spacial score (nSPS) is 10.5. The largest absolute Gasteiger partial charge is 0.734 e. The predicted octanol–water partition coefficient (Wildman–Crippen LogP) is 0.0458. The summed E-state index contributed by atoms with van der Waals surface area (Å²) in [6.07, 6.45) is 2.56. The van der Waals surface area contributed by atoms with E-state index in [0.717, 1.165) is 26.5 Å². The van der Waals surface area contributed by atoms with E-state index in [1.807, 2.05) is 0 Å². The molecule has 0 aromatic carbocycles. The van der Waals surface area contributed by atoms with Crippen LogP contribution in [0.1, 0.15) is 20.8 Å². The third kappa shape index (κ3) is 7.63. The highest BCUT2D eigenvalue weighted by Crippen LogP contribution is 2.13. The molecule has 0 aliphatic rings. The molecular formula is C10H13NO7Si. The zero-order valence-corrected chi connectivity index (χ0v) is 11.7. The first-order valence-electron chi connectivity index (χ1n) is 5.11.